The molecule has 7 heteroatoms. The SMILES string of the molecule is NCc1cc(S(=O)(=O)N(Cc2cccs2)C2CC2)c[nH]1. The standard InChI is InChI=1S/C13H17N3O2S2/c14-7-10-6-13(8-15-10)20(17,18)16(11-3-4-11)9-12-2-1-5-19-12/h1-2,5-6,8,11,15H,3-4,7,9,14H2. The molecule has 1 fully saturated rings. The average molecular weight is 311 g/mol. The van der Waals surface area contributed by atoms with Gasteiger partial charge in [-0.1, -0.05) is 6.07 Å². The predicted molar refractivity (Wildman–Crippen MR) is 78.8 cm³/mol. The zero-order valence-electron chi connectivity index (χ0n) is 11.0. The van der Waals surface area contributed by atoms with Crippen LogP contribution in [0, 0.1) is 0 Å². The Morgan fingerprint density at radius 3 is 2.80 bits per heavy atom. The lowest BCUT2D eigenvalue weighted by Crippen LogP contribution is -2.32. The van der Waals surface area contributed by atoms with Crippen molar-refractivity contribution in [3.63, 3.8) is 0 Å². The van der Waals surface area contributed by atoms with E-state index in [1.165, 1.54) is 6.20 Å². The normalized spacial score (nSPS) is 15.9. The first-order valence-corrected chi connectivity index (χ1v) is 8.85. The Morgan fingerprint density at radius 2 is 2.25 bits per heavy atom. The number of nitrogens with zero attached hydrogens (tertiary/aromatic N) is 1. The van der Waals surface area contributed by atoms with Crippen molar-refractivity contribution >= 4 is 21.4 Å². The molecule has 2 aromatic heterocycles. The van der Waals surface area contributed by atoms with Gasteiger partial charge in [-0.2, -0.15) is 4.31 Å². The van der Waals surface area contributed by atoms with Crippen molar-refractivity contribution in [2.75, 3.05) is 0 Å². The second-order valence-corrected chi connectivity index (χ2v) is 7.85. The zero-order valence-corrected chi connectivity index (χ0v) is 12.6. The molecule has 3 rings (SSSR count). The van der Waals surface area contributed by atoms with Crippen molar-refractivity contribution in [2.45, 2.75) is 36.9 Å². The van der Waals surface area contributed by atoms with Gasteiger partial charge >= 0.3 is 0 Å². The van der Waals surface area contributed by atoms with Crippen molar-refractivity contribution in [1.29, 1.82) is 0 Å². The van der Waals surface area contributed by atoms with Crippen LogP contribution < -0.4 is 5.73 Å². The third-order valence-electron chi connectivity index (χ3n) is 3.39. The summed E-state index contributed by atoms with van der Waals surface area (Å²) in [5.74, 6) is 0. The van der Waals surface area contributed by atoms with E-state index >= 15 is 0 Å². The molecule has 108 valence electrons. The maximum absolute atomic E-state index is 12.7. The summed E-state index contributed by atoms with van der Waals surface area (Å²) in [5.41, 5.74) is 6.26. The maximum atomic E-state index is 12.7. The maximum Gasteiger partial charge on any atom is 0.245 e. The minimum Gasteiger partial charge on any atom is -0.363 e. The summed E-state index contributed by atoms with van der Waals surface area (Å²) in [6, 6.07) is 5.68. The summed E-state index contributed by atoms with van der Waals surface area (Å²) < 4.78 is 27.1. The summed E-state index contributed by atoms with van der Waals surface area (Å²) in [4.78, 5) is 4.28. The lowest BCUT2D eigenvalue weighted by molar-refractivity contribution is 0.401. The van der Waals surface area contributed by atoms with Crippen LogP contribution in [0.3, 0.4) is 0 Å². The monoisotopic (exact) mass is 311 g/mol. The summed E-state index contributed by atoms with van der Waals surface area (Å²) in [6.07, 6.45) is 3.42. The Labute approximate surface area is 122 Å². The van der Waals surface area contributed by atoms with Gasteiger partial charge in [0.15, 0.2) is 0 Å². The number of hydrogen-bond donors (Lipinski definition) is 2. The second kappa shape index (κ2) is 5.33. The van der Waals surface area contributed by atoms with E-state index < -0.39 is 10.0 Å². The zero-order chi connectivity index (χ0) is 14.2. The highest BCUT2D eigenvalue weighted by molar-refractivity contribution is 7.89. The van der Waals surface area contributed by atoms with E-state index in [2.05, 4.69) is 4.98 Å². The largest absolute Gasteiger partial charge is 0.363 e. The highest BCUT2D eigenvalue weighted by atomic mass is 32.2. The molecule has 0 aliphatic heterocycles. The van der Waals surface area contributed by atoms with Gasteiger partial charge in [0.25, 0.3) is 0 Å². The first kappa shape index (κ1) is 13.8. The number of aromatic nitrogens is 1. The molecule has 20 heavy (non-hydrogen) atoms. The Balaban J connectivity index is 1.89. The molecule has 1 aliphatic rings. The summed E-state index contributed by atoms with van der Waals surface area (Å²) in [6.45, 7) is 0.762. The molecule has 2 aromatic rings. The highest BCUT2D eigenvalue weighted by Crippen LogP contribution is 2.34. The fraction of sp³-hybridized carbons (Fsp3) is 0.385. The minimum absolute atomic E-state index is 0.137. The topological polar surface area (TPSA) is 79.2 Å². The third-order valence-corrected chi connectivity index (χ3v) is 6.13. The van der Waals surface area contributed by atoms with Crippen LogP contribution in [-0.4, -0.2) is 23.7 Å². The number of nitrogens with two attached hydrogens (primary N) is 1. The number of sulfonamides is 1. The quantitative estimate of drug-likeness (QED) is 0.855. The number of H-pyrrole nitrogens is 1. The lowest BCUT2D eigenvalue weighted by atomic mass is 10.4. The van der Waals surface area contributed by atoms with E-state index in [1.54, 1.807) is 21.7 Å². The van der Waals surface area contributed by atoms with Crippen molar-refractivity contribution in [2.24, 2.45) is 5.73 Å². The fourth-order valence-corrected chi connectivity index (χ4v) is 4.62. The molecule has 0 amide bonds. The highest BCUT2D eigenvalue weighted by Gasteiger charge is 2.38. The number of aromatic amines is 1. The van der Waals surface area contributed by atoms with Crippen LogP contribution in [-0.2, 0) is 23.1 Å². The molecule has 0 radical (unpaired) electrons. The smallest absolute Gasteiger partial charge is 0.245 e. The van der Waals surface area contributed by atoms with Gasteiger partial charge < -0.3 is 10.7 Å². The van der Waals surface area contributed by atoms with Crippen molar-refractivity contribution in [3.8, 4) is 0 Å². The molecule has 0 aromatic carbocycles. The van der Waals surface area contributed by atoms with E-state index in [-0.39, 0.29) is 6.04 Å². The van der Waals surface area contributed by atoms with Crippen LogP contribution in [0.15, 0.2) is 34.7 Å². The van der Waals surface area contributed by atoms with E-state index in [0.29, 0.717) is 18.0 Å². The Hall–Kier alpha value is -1.15. The van der Waals surface area contributed by atoms with Gasteiger partial charge in [-0.3, -0.25) is 0 Å². The molecular weight excluding hydrogens is 294 g/mol. The van der Waals surface area contributed by atoms with Gasteiger partial charge in [-0.15, -0.1) is 11.3 Å². The molecule has 0 spiro atoms. The first-order valence-electron chi connectivity index (χ1n) is 6.53. The van der Waals surface area contributed by atoms with Gasteiger partial charge in [0, 0.05) is 35.9 Å². The second-order valence-electron chi connectivity index (χ2n) is 4.93. The Kier molecular flexibility index (Phi) is 3.68. The molecular formula is C13H17N3O2S2. The van der Waals surface area contributed by atoms with Gasteiger partial charge in [-0.25, -0.2) is 8.42 Å². The Bertz CT molecular complexity index is 672. The van der Waals surface area contributed by atoms with Crippen LogP contribution in [0.2, 0.25) is 0 Å². The van der Waals surface area contributed by atoms with Crippen molar-refractivity contribution < 1.29 is 8.42 Å². The van der Waals surface area contributed by atoms with Gasteiger partial charge in [0.1, 0.15) is 0 Å². The van der Waals surface area contributed by atoms with Crippen LogP contribution >= 0.6 is 11.3 Å². The molecule has 0 saturated heterocycles. The molecule has 1 saturated carbocycles. The van der Waals surface area contributed by atoms with Crippen molar-refractivity contribution in [3.05, 3.63) is 40.3 Å². The van der Waals surface area contributed by atoms with E-state index in [9.17, 15) is 8.42 Å². The Morgan fingerprint density at radius 1 is 1.45 bits per heavy atom. The number of rotatable bonds is 6. The van der Waals surface area contributed by atoms with Crippen LogP contribution in [0.5, 0.6) is 0 Å². The van der Waals surface area contributed by atoms with Gasteiger partial charge in [0.2, 0.25) is 10.0 Å². The fourth-order valence-electron chi connectivity index (χ4n) is 2.15. The molecule has 0 bridgehead atoms. The van der Waals surface area contributed by atoms with E-state index in [1.807, 2.05) is 17.5 Å². The predicted octanol–water partition coefficient (Wildman–Crippen LogP) is 1.89. The average Bonchev–Trinajstić information content (AvgIpc) is 2.96. The van der Waals surface area contributed by atoms with Crippen LogP contribution in [0.1, 0.15) is 23.4 Å². The molecule has 1 aliphatic carbocycles. The summed E-state index contributed by atoms with van der Waals surface area (Å²) >= 11 is 1.58. The molecule has 3 N–H and O–H groups in total. The third kappa shape index (κ3) is 2.67. The lowest BCUT2D eigenvalue weighted by Gasteiger charge is -2.20. The van der Waals surface area contributed by atoms with Crippen LogP contribution in [0.4, 0.5) is 0 Å². The summed E-state index contributed by atoms with van der Waals surface area (Å²) in [7, 11) is -3.45. The van der Waals surface area contributed by atoms with Gasteiger partial charge in [0.05, 0.1) is 4.90 Å². The van der Waals surface area contributed by atoms with Crippen LogP contribution in [0.25, 0.3) is 0 Å². The first-order chi connectivity index (χ1) is 9.61. The van der Waals surface area contributed by atoms with E-state index in [0.717, 1.165) is 23.4 Å². The van der Waals surface area contributed by atoms with Gasteiger partial charge in [-0.05, 0) is 30.4 Å². The van der Waals surface area contributed by atoms with E-state index in [4.69, 9.17) is 5.73 Å². The molecule has 0 unspecified atom stereocenters. The molecule has 5 nitrogen and oxygen atoms in total. The van der Waals surface area contributed by atoms with Crippen molar-refractivity contribution in [1.82, 2.24) is 9.29 Å². The minimum atomic E-state index is -3.45. The molecule has 0 atom stereocenters. The number of hydrogen-bond acceptors (Lipinski definition) is 4. The number of nitrogens with one attached hydrogen (secondary N) is 1. The summed E-state index contributed by atoms with van der Waals surface area (Å²) in [5, 5.41) is 1.97. The molecule has 2 heterocycles. The number of thiophene rings is 1.